The highest BCUT2D eigenvalue weighted by Gasteiger charge is 2.28. The summed E-state index contributed by atoms with van der Waals surface area (Å²) in [7, 11) is 1.71. The Hall–Kier alpha value is -2.47. The van der Waals surface area contributed by atoms with Crippen LogP contribution >= 0.6 is 11.3 Å². The predicted octanol–water partition coefficient (Wildman–Crippen LogP) is 5.68. The normalized spacial score (nSPS) is 15.4. The first kappa shape index (κ1) is 19.8. The molecule has 152 valence electrons. The molecule has 0 saturated carbocycles. The lowest BCUT2D eigenvalue weighted by molar-refractivity contribution is 0.414. The molecule has 0 bridgehead atoms. The molecule has 1 aromatic carbocycles. The quantitative estimate of drug-likeness (QED) is 0.473. The molecule has 29 heavy (non-hydrogen) atoms. The number of hydrogen-bond donors (Lipinski definition) is 0. The van der Waals surface area contributed by atoms with Crippen LogP contribution in [0.25, 0.3) is 5.00 Å². The summed E-state index contributed by atoms with van der Waals surface area (Å²) in [5.41, 5.74) is 3.15. The molecule has 3 heterocycles. The van der Waals surface area contributed by atoms with Crippen molar-refractivity contribution in [3.63, 3.8) is 0 Å². The summed E-state index contributed by atoms with van der Waals surface area (Å²) in [6.07, 6.45) is 6.15. The highest BCUT2D eigenvalue weighted by molar-refractivity contribution is 7.15. The number of unbranched alkanes of at least 4 members (excludes halogenated alkanes) is 3. The van der Waals surface area contributed by atoms with Gasteiger partial charge >= 0.3 is 0 Å². The minimum absolute atomic E-state index is 0.0799. The van der Waals surface area contributed by atoms with E-state index in [4.69, 9.17) is 9.73 Å². The average molecular weight is 409 g/mol. The van der Waals surface area contributed by atoms with E-state index in [-0.39, 0.29) is 6.04 Å². The molecule has 0 fully saturated rings. The summed E-state index contributed by atoms with van der Waals surface area (Å²) in [6, 6.07) is 10.4. The Morgan fingerprint density at radius 3 is 2.72 bits per heavy atom. The van der Waals surface area contributed by atoms with Gasteiger partial charge in [0.15, 0.2) is 5.82 Å². The van der Waals surface area contributed by atoms with Crippen LogP contribution in [-0.4, -0.2) is 27.6 Å². The Morgan fingerprint density at radius 1 is 1.10 bits per heavy atom. The molecule has 6 heteroatoms. The van der Waals surface area contributed by atoms with Gasteiger partial charge in [0.05, 0.1) is 12.8 Å². The van der Waals surface area contributed by atoms with Crippen LogP contribution in [0.1, 0.15) is 73.2 Å². The topological polar surface area (TPSA) is 52.3 Å². The van der Waals surface area contributed by atoms with Gasteiger partial charge in [-0.05, 0) is 44.9 Å². The van der Waals surface area contributed by atoms with Gasteiger partial charge in [-0.25, -0.2) is 0 Å². The van der Waals surface area contributed by atoms with E-state index >= 15 is 0 Å². The van der Waals surface area contributed by atoms with E-state index in [1.54, 1.807) is 7.11 Å². The van der Waals surface area contributed by atoms with Crippen LogP contribution in [0.4, 0.5) is 0 Å². The number of thiophene rings is 1. The van der Waals surface area contributed by atoms with Gasteiger partial charge in [-0.2, -0.15) is 0 Å². The van der Waals surface area contributed by atoms with Crippen LogP contribution < -0.4 is 4.74 Å². The highest BCUT2D eigenvalue weighted by atomic mass is 32.1. The van der Waals surface area contributed by atoms with Gasteiger partial charge in [0.25, 0.3) is 0 Å². The van der Waals surface area contributed by atoms with Crippen molar-refractivity contribution in [2.75, 3.05) is 7.11 Å². The second-order valence-corrected chi connectivity index (χ2v) is 8.65. The van der Waals surface area contributed by atoms with Crippen molar-refractivity contribution in [1.29, 1.82) is 0 Å². The number of para-hydroxylation sites is 1. The SMILES string of the molecule is CCCCCCc1cc2c(s1)-n1c(C)nnc1C(C)N=C2c1ccccc1OC. The molecule has 0 aliphatic carbocycles. The minimum atomic E-state index is -0.0799. The summed E-state index contributed by atoms with van der Waals surface area (Å²) >= 11 is 1.84. The number of fused-ring (bicyclic) bond motifs is 3. The molecule has 0 radical (unpaired) electrons. The maximum absolute atomic E-state index is 5.66. The number of aromatic nitrogens is 3. The highest BCUT2D eigenvalue weighted by Crippen LogP contribution is 2.38. The summed E-state index contributed by atoms with van der Waals surface area (Å²) in [4.78, 5) is 6.48. The third kappa shape index (κ3) is 3.73. The van der Waals surface area contributed by atoms with Crippen LogP contribution in [-0.2, 0) is 6.42 Å². The number of benzene rings is 1. The summed E-state index contributed by atoms with van der Waals surface area (Å²) in [5, 5.41) is 9.95. The standard InChI is InChI=1S/C23H28N4OS/c1-5-6-7-8-11-17-14-19-21(18-12-9-10-13-20(18)28-4)24-15(2)22-26-25-16(3)27(22)23(19)29-17/h9-10,12-15H,5-8,11H2,1-4H3. The molecular weight excluding hydrogens is 380 g/mol. The molecule has 1 aliphatic rings. The number of rotatable bonds is 7. The van der Waals surface area contributed by atoms with E-state index in [1.807, 2.05) is 36.5 Å². The smallest absolute Gasteiger partial charge is 0.162 e. The molecule has 3 aromatic rings. The van der Waals surface area contributed by atoms with Gasteiger partial charge in [0.1, 0.15) is 22.6 Å². The number of ether oxygens (including phenoxy) is 1. The Labute approximate surface area is 176 Å². The zero-order valence-electron chi connectivity index (χ0n) is 17.6. The average Bonchev–Trinajstić information content (AvgIpc) is 3.29. The van der Waals surface area contributed by atoms with E-state index in [0.717, 1.165) is 40.7 Å². The molecule has 1 atom stereocenters. The van der Waals surface area contributed by atoms with Crippen LogP contribution in [0.15, 0.2) is 35.3 Å². The van der Waals surface area contributed by atoms with Crippen molar-refractivity contribution in [2.24, 2.45) is 4.99 Å². The molecule has 5 nitrogen and oxygen atoms in total. The van der Waals surface area contributed by atoms with Gasteiger partial charge < -0.3 is 4.74 Å². The fourth-order valence-corrected chi connectivity index (χ4v) is 5.15. The zero-order valence-corrected chi connectivity index (χ0v) is 18.4. The lowest BCUT2D eigenvalue weighted by atomic mass is 10.0. The van der Waals surface area contributed by atoms with Gasteiger partial charge in [-0.15, -0.1) is 21.5 Å². The molecule has 1 aliphatic heterocycles. The summed E-state index contributed by atoms with van der Waals surface area (Å²) in [5.74, 6) is 2.64. The first-order valence-corrected chi connectivity index (χ1v) is 11.2. The van der Waals surface area contributed by atoms with Crippen molar-refractivity contribution in [3.8, 4) is 10.8 Å². The molecule has 0 spiro atoms. The lowest BCUT2D eigenvalue weighted by Crippen LogP contribution is -2.07. The van der Waals surface area contributed by atoms with E-state index in [2.05, 4.69) is 40.7 Å². The van der Waals surface area contributed by atoms with Gasteiger partial charge in [0.2, 0.25) is 0 Å². The number of nitrogens with zero attached hydrogens (tertiary/aromatic N) is 4. The number of aryl methyl sites for hydroxylation is 2. The number of hydrogen-bond acceptors (Lipinski definition) is 5. The van der Waals surface area contributed by atoms with E-state index in [9.17, 15) is 0 Å². The monoisotopic (exact) mass is 408 g/mol. The fourth-order valence-electron chi connectivity index (χ4n) is 3.89. The van der Waals surface area contributed by atoms with Crippen LogP contribution in [0.3, 0.4) is 0 Å². The van der Waals surface area contributed by atoms with Crippen molar-refractivity contribution in [3.05, 3.63) is 58.0 Å². The summed E-state index contributed by atoms with van der Waals surface area (Å²) in [6.45, 7) is 6.35. The first-order valence-electron chi connectivity index (χ1n) is 10.4. The molecule has 0 saturated heterocycles. The van der Waals surface area contributed by atoms with Crippen LogP contribution in [0.5, 0.6) is 5.75 Å². The summed E-state index contributed by atoms with van der Waals surface area (Å²) < 4.78 is 7.84. The van der Waals surface area contributed by atoms with Crippen molar-refractivity contribution >= 4 is 17.0 Å². The molecular formula is C23H28N4OS. The first-order chi connectivity index (χ1) is 14.1. The second kappa shape index (κ2) is 8.49. The largest absolute Gasteiger partial charge is 0.496 e. The molecule has 0 amide bonds. The number of methoxy groups -OCH3 is 1. The van der Waals surface area contributed by atoms with Crippen LogP contribution in [0.2, 0.25) is 0 Å². The van der Waals surface area contributed by atoms with Gasteiger partial charge in [0, 0.05) is 16.0 Å². The minimum Gasteiger partial charge on any atom is -0.496 e. The Bertz CT molecular complexity index is 1030. The maximum Gasteiger partial charge on any atom is 0.162 e. The van der Waals surface area contributed by atoms with Gasteiger partial charge in [-0.1, -0.05) is 38.3 Å². The van der Waals surface area contributed by atoms with Gasteiger partial charge in [-0.3, -0.25) is 9.56 Å². The number of aliphatic imine (C=N–C) groups is 1. The fraction of sp³-hybridized carbons (Fsp3) is 0.435. The van der Waals surface area contributed by atoms with Crippen molar-refractivity contribution < 1.29 is 4.74 Å². The Balaban J connectivity index is 1.83. The second-order valence-electron chi connectivity index (χ2n) is 7.54. The zero-order chi connectivity index (χ0) is 20.4. The third-order valence-electron chi connectivity index (χ3n) is 5.41. The molecule has 4 rings (SSSR count). The molecule has 0 N–H and O–H groups in total. The lowest BCUT2D eigenvalue weighted by Gasteiger charge is -2.11. The molecule has 2 aromatic heterocycles. The van der Waals surface area contributed by atoms with E-state index in [1.165, 1.54) is 35.6 Å². The Morgan fingerprint density at radius 2 is 1.93 bits per heavy atom. The maximum atomic E-state index is 5.66. The third-order valence-corrected chi connectivity index (χ3v) is 6.59. The molecule has 1 unspecified atom stereocenters. The Kier molecular flexibility index (Phi) is 5.81. The van der Waals surface area contributed by atoms with E-state index in [0.29, 0.717) is 0 Å². The predicted molar refractivity (Wildman–Crippen MR) is 119 cm³/mol. The van der Waals surface area contributed by atoms with Crippen molar-refractivity contribution in [1.82, 2.24) is 14.8 Å². The van der Waals surface area contributed by atoms with Crippen LogP contribution in [0, 0.1) is 6.92 Å². The van der Waals surface area contributed by atoms with Crippen molar-refractivity contribution in [2.45, 2.75) is 58.9 Å². The van der Waals surface area contributed by atoms with E-state index < -0.39 is 0 Å².